The number of hydrogen-bond donors (Lipinski definition) is 1. The predicted octanol–water partition coefficient (Wildman–Crippen LogP) is 3.45. The van der Waals surface area contributed by atoms with E-state index in [0.29, 0.717) is 40.3 Å². The summed E-state index contributed by atoms with van der Waals surface area (Å²) in [6.45, 7) is 2.47. The number of carbonyl (C=O) groups is 1. The topological polar surface area (TPSA) is 78.8 Å². The largest absolute Gasteiger partial charge is 0.497 e. The zero-order chi connectivity index (χ0) is 20.8. The lowest BCUT2D eigenvalue weighted by Gasteiger charge is -2.13. The zero-order valence-electron chi connectivity index (χ0n) is 16.7. The van der Waals surface area contributed by atoms with Crippen molar-refractivity contribution in [3.63, 3.8) is 0 Å². The van der Waals surface area contributed by atoms with Gasteiger partial charge in [-0.05, 0) is 36.8 Å². The fourth-order valence-corrected chi connectivity index (χ4v) is 3.07. The maximum atomic E-state index is 12.6. The number of pyridine rings is 1. The number of benzene rings is 2. The molecular weight excluding hydrogens is 372 g/mol. The Hall–Kier alpha value is -3.48. The highest BCUT2D eigenvalue weighted by atomic mass is 16.5. The van der Waals surface area contributed by atoms with E-state index in [2.05, 4.69) is 5.32 Å². The van der Waals surface area contributed by atoms with Crippen LogP contribution in [0.4, 0.5) is 5.69 Å². The van der Waals surface area contributed by atoms with Crippen LogP contribution in [0.15, 0.2) is 53.5 Å². The molecule has 0 bridgehead atoms. The molecule has 0 fully saturated rings. The van der Waals surface area contributed by atoms with Gasteiger partial charge in [-0.25, -0.2) is 0 Å². The third kappa shape index (κ3) is 4.51. The van der Waals surface area contributed by atoms with Gasteiger partial charge in [0.15, 0.2) is 6.61 Å². The van der Waals surface area contributed by atoms with Crippen molar-refractivity contribution < 1.29 is 19.0 Å². The van der Waals surface area contributed by atoms with Gasteiger partial charge in [-0.1, -0.05) is 13.0 Å². The molecule has 152 valence electrons. The quantitative estimate of drug-likeness (QED) is 0.631. The van der Waals surface area contributed by atoms with Gasteiger partial charge in [0.25, 0.3) is 11.5 Å². The molecule has 1 N–H and O–H groups in total. The van der Waals surface area contributed by atoms with Crippen LogP contribution in [0.1, 0.15) is 13.3 Å². The van der Waals surface area contributed by atoms with Crippen LogP contribution in [0.3, 0.4) is 0 Å². The lowest BCUT2D eigenvalue weighted by Crippen LogP contribution is -2.21. The van der Waals surface area contributed by atoms with E-state index in [1.54, 1.807) is 54.3 Å². The smallest absolute Gasteiger partial charge is 0.262 e. The van der Waals surface area contributed by atoms with Crippen molar-refractivity contribution in [3.05, 3.63) is 59.0 Å². The van der Waals surface area contributed by atoms with Gasteiger partial charge in [0.2, 0.25) is 0 Å². The van der Waals surface area contributed by atoms with E-state index in [4.69, 9.17) is 14.2 Å². The van der Waals surface area contributed by atoms with Crippen LogP contribution in [0.5, 0.6) is 17.2 Å². The number of aromatic nitrogens is 1. The number of amides is 1. The Labute approximate surface area is 168 Å². The number of anilines is 1. The third-order valence-electron chi connectivity index (χ3n) is 4.48. The van der Waals surface area contributed by atoms with Crippen molar-refractivity contribution in [2.75, 3.05) is 26.1 Å². The minimum absolute atomic E-state index is 0.0691. The van der Waals surface area contributed by atoms with Crippen molar-refractivity contribution in [2.24, 2.45) is 0 Å². The third-order valence-corrected chi connectivity index (χ3v) is 4.48. The summed E-state index contributed by atoms with van der Waals surface area (Å²) in [7, 11) is 3.07. The summed E-state index contributed by atoms with van der Waals surface area (Å²) < 4.78 is 17.8. The fourth-order valence-electron chi connectivity index (χ4n) is 3.07. The average Bonchev–Trinajstić information content (AvgIpc) is 2.74. The number of aryl methyl sites for hydroxylation is 1. The second kappa shape index (κ2) is 9.14. The van der Waals surface area contributed by atoms with E-state index >= 15 is 0 Å². The first-order valence-electron chi connectivity index (χ1n) is 9.34. The van der Waals surface area contributed by atoms with Crippen LogP contribution in [-0.4, -0.2) is 31.3 Å². The molecule has 0 aliphatic carbocycles. The summed E-state index contributed by atoms with van der Waals surface area (Å²) in [6, 6.07) is 12.2. The number of fused-ring (bicyclic) bond motifs is 1. The van der Waals surface area contributed by atoms with Crippen molar-refractivity contribution >= 4 is 22.4 Å². The molecule has 3 rings (SSSR count). The Morgan fingerprint density at radius 1 is 1.03 bits per heavy atom. The molecule has 0 saturated heterocycles. The first-order valence-corrected chi connectivity index (χ1v) is 9.34. The molecule has 1 heterocycles. The van der Waals surface area contributed by atoms with E-state index in [-0.39, 0.29) is 18.1 Å². The summed E-state index contributed by atoms with van der Waals surface area (Å²) in [5, 5.41) is 4.00. The molecule has 7 nitrogen and oxygen atoms in total. The monoisotopic (exact) mass is 396 g/mol. The Bertz CT molecular complexity index is 1070. The highest BCUT2D eigenvalue weighted by Gasteiger charge is 2.12. The standard InChI is InChI=1S/C22H24N2O5/c1-4-11-24-12-10-16-17(22(24)26)6-5-7-19(16)29-14-21(25)23-18-13-15(27-2)8-9-20(18)28-3/h5-10,12-13H,4,11,14H2,1-3H3,(H,23,25). The molecule has 0 aliphatic rings. The van der Waals surface area contributed by atoms with E-state index in [1.165, 1.54) is 7.11 Å². The minimum atomic E-state index is -0.354. The number of ether oxygens (including phenoxy) is 3. The number of nitrogens with one attached hydrogen (secondary N) is 1. The summed E-state index contributed by atoms with van der Waals surface area (Å²) >= 11 is 0. The van der Waals surface area contributed by atoms with Gasteiger partial charge in [-0.2, -0.15) is 0 Å². The van der Waals surface area contributed by atoms with Gasteiger partial charge in [-0.15, -0.1) is 0 Å². The molecule has 0 saturated carbocycles. The molecule has 0 radical (unpaired) electrons. The highest BCUT2D eigenvalue weighted by Crippen LogP contribution is 2.29. The van der Waals surface area contributed by atoms with Gasteiger partial charge in [0.1, 0.15) is 17.2 Å². The predicted molar refractivity (Wildman–Crippen MR) is 112 cm³/mol. The summed E-state index contributed by atoms with van der Waals surface area (Å²) in [5.74, 6) is 1.24. The molecule has 1 amide bonds. The van der Waals surface area contributed by atoms with E-state index in [1.807, 2.05) is 13.0 Å². The number of hydrogen-bond acceptors (Lipinski definition) is 5. The van der Waals surface area contributed by atoms with Crippen LogP contribution >= 0.6 is 0 Å². The van der Waals surface area contributed by atoms with E-state index in [0.717, 1.165) is 6.42 Å². The Morgan fingerprint density at radius 3 is 2.59 bits per heavy atom. The lowest BCUT2D eigenvalue weighted by atomic mass is 10.1. The molecule has 2 aromatic carbocycles. The Morgan fingerprint density at radius 2 is 1.86 bits per heavy atom. The number of rotatable bonds is 8. The molecule has 0 unspecified atom stereocenters. The number of nitrogens with zero attached hydrogens (tertiary/aromatic N) is 1. The average molecular weight is 396 g/mol. The zero-order valence-corrected chi connectivity index (χ0v) is 16.7. The lowest BCUT2D eigenvalue weighted by molar-refractivity contribution is -0.118. The molecule has 7 heteroatoms. The molecule has 29 heavy (non-hydrogen) atoms. The highest BCUT2D eigenvalue weighted by molar-refractivity contribution is 5.94. The fraction of sp³-hybridized carbons (Fsp3) is 0.273. The normalized spacial score (nSPS) is 10.6. The van der Waals surface area contributed by atoms with Gasteiger partial charge < -0.3 is 24.1 Å². The van der Waals surface area contributed by atoms with Crippen molar-refractivity contribution in [1.29, 1.82) is 0 Å². The van der Waals surface area contributed by atoms with Gasteiger partial charge in [-0.3, -0.25) is 9.59 Å². The Kier molecular flexibility index (Phi) is 6.39. The maximum Gasteiger partial charge on any atom is 0.262 e. The number of carbonyl (C=O) groups excluding carboxylic acids is 1. The second-order valence-corrected chi connectivity index (χ2v) is 6.43. The first-order chi connectivity index (χ1) is 14.1. The van der Waals surface area contributed by atoms with Gasteiger partial charge in [0, 0.05) is 24.2 Å². The van der Waals surface area contributed by atoms with E-state index < -0.39 is 0 Å². The van der Waals surface area contributed by atoms with Crippen LogP contribution in [0, 0.1) is 0 Å². The summed E-state index contributed by atoms with van der Waals surface area (Å²) in [5.41, 5.74) is 0.418. The van der Waals surface area contributed by atoms with Crippen molar-refractivity contribution in [3.8, 4) is 17.2 Å². The SMILES string of the molecule is CCCn1ccc2c(OCC(=O)Nc3cc(OC)ccc3OC)cccc2c1=O. The molecular formula is C22H24N2O5. The van der Waals surface area contributed by atoms with E-state index in [9.17, 15) is 9.59 Å². The molecule has 0 spiro atoms. The maximum absolute atomic E-state index is 12.6. The molecule has 0 atom stereocenters. The van der Waals surface area contributed by atoms with Crippen LogP contribution < -0.4 is 25.1 Å². The molecule has 0 aliphatic heterocycles. The second-order valence-electron chi connectivity index (χ2n) is 6.43. The Balaban J connectivity index is 1.76. The van der Waals surface area contributed by atoms with Crippen molar-refractivity contribution in [2.45, 2.75) is 19.9 Å². The number of methoxy groups -OCH3 is 2. The van der Waals surface area contributed by atoms with Crippen LogP contribution in [0.25, 0.3) is 10.8 Å². The summed E-state index contributed by atoms with van der Waals surface area (Å²) in [6.07, 6.45) is 2.62. The minimum Gasteiger partial charge on any atom is -0.497 e. The summed E-state index contributed by atoms with van der Waals surface area (Å²) in [4.78, 5) is 25.0. The first kappa shape index (κ1) is 20.3. The molecule has 3 aromatic rings. The van der Waals surface area contributed by atoms with Gasteiger partial charge in [0.05, 0.1) is 25.3 Å². The van der Waals surface area contributed by atoms with Crippen molar-refractivity contribution in [1.82, 2.24) is 4.57 Å². The van der Waals surface area contributed by atoms with Gasteiger partial charge >= 0.3 is 0 Å². The molecule has 1 aromatic heterocycles. The van der Waals surface area contributed by atoms with Crippen LogP contribution in [-0.2, 0) is 11.3 Å². The van der Waals surface area contributed by atoms with Crippen LogP contribution in [0.2, 0.25) is 0 Å².